The third kappa shape index (κ3) is 3.27. The molecule has 0 unspecified atom stereocenters. The molecule has 0 spiro atoms. The predicted octanol–water partition coefficient (Wildman–Crippen LogP) is 2.43. The van der Waals surface area contributed by atoms with E-state index in [1.807, 2.05) is 31.2 Å². The maximum atomic E-state index is 11.6. The maximum Gasteiger partial charge on any atom is 0.324 e. The highest BCUT2D eigenvalue weighted by atomic mass is 16.2. The Balaban J connectivity index is 1.96. The molecule has 2 amide bonds. The molecule has 0 aliphatic carbocycles. The standard InChI is InChI=1S/C12H12N4O/c1-9-2-4-10(5-3-9)15-12(17)16-11-6-7-13-8-14-11/h2-8H,1H3,(H2,13,14,15,16,17). The lowest BCUT2D eigenvalue weighted by atomic mass is 10.2. The molecule has 0 saturated heterocycles. The summed E-state index contributed by atoms with van der Waals surface area (Å²) in [5.74, 6) is 0.463. The molecule has 0 atom stereocenters. The van der Waals surface area contributed by atoms with Gasteiger partial charge in [0.15, 0.2) is 0 Å². The molecule has 17 heavy (non-hydrogen) atoms. The van der Waals surface area contributed by atoms with Crippen LogP contribution >= 0.6 is 0 Å². The summed E-state index contributed by atoms with van der Waals surface area (Å²) in [6, 6.07) is 8.84. The second kappa shape index (κ2) is 5.07. The van der Waals surface area contributed by atoms with Crippen LogP contribution < -0.4 is 10.6 Å². The van der Waals surface area contributed by atoms with Crippen molar-refractivity contribution in [3.63, 3.8) is 0 Å². The number of anilines is 2. The summed E-state index contributed by atoms with van der Waals surface area (Å²) in [6.45, 7) is 1.99. The summed E-state index contributed by atoms with van der Waals surface area (Å²) < 4.78 is 0. The lowest BCUT2D eigenvalue weighted by Gasteiger charge is -2.06. The normalized spacial score (nSPS) is 9.71. The molecule has 1 aromatic heterocycles. The van der Waals surface area contributed by atoms with Gasteiger partial charge >= 0.3 is 6.03 Å². The van der Waals surface area contributed by atoms with Gasteiger partial charge in [0.25, 0.3) is 0 Å². The molecule has 0 saturated carbocycles. The first-order valence-electron chi connectivity index (χ1n) is 5.15. The van der Waals surface area contributed by atoms with Gasteiger partial charge in [-0.2, -0.15) is 0 Å². The van der Waals surface area contributed by atoms with Crippen LogP contribution in [0.5, 0.6) is 0 Å². The van der Waals surface area contributed by atoms with Gasteiger partial charge in [0.05, 0.1) is 0 Å². The average Bonchev–Trinajstić information content (AvgIpc) is 2.33. The zero-order chi connectivity index (χ0) is 12.1. The minimum atomic E-state index is -0.326. The van der Waals surface area contributed by atoms with Gasteiger partial charge in [-0.1, -0.05) is 17.7 Å². The first kappa shape index (κ1) is 11.1. The Kier molecular flexibility index (Phi) is 3.30. The number of aryl methyl sites for hydroxylation is 1. The van der Waals surface area contributed by atoms with E-state index >= 15 is 0 Å². The molecule has 2 rings (SSSR count). The number of hydrogen-bond donors (Lipinski definition) is 2. The number of nitrogens with one attached hydrogen (secondary N) is 2. The average molecular weight is 228 g/mol. The molecule has 86 valence electrons. The SMILES string of the molecule is Cc1ccc(NC(=O)Nc2ccncn2)cc1. The minimum Gasteiger partial charge on any atom is -0.308 e. The quantitative estimate of drug-likeness (QED) is 0.829. The molecular weight excluding hydrogens is 216 g/mol. The number of urea groups is 1. The van der Waals surface area contributed by atoms with Crippen LogP contribution in [0.25, 0.3) is 0 Å². The van der Waals surface area contributed by atoms with Crippen LogP contribution in [0.2, 0.25) is 0 Å². The Hall–Kier alpha value is -2.43. The number of hydrogen-bond acceptors (Lipinski definition) is 3. The Morgan fingerprint density at radius 3 is 2.53 bits per heavy atom. The Labute approximate surface area is 98.9 Å². The summed E-state index contributed by atoms with van der Waals surface area (Å²) in [7, 11) is 0. The molecule has 0 radical (unpaired) electrons. The van der Waals surface area contributed by atoms with Gasteiger partial charge < -0.3 is 5.32 Å². The lowest BCUT2D eigenvalue weighted by Crippen LogP contribution is -2.19. The second-order valence-corrected chi connectivity index (χ2v) is 3.54. The van der Waals surface area contributed by atoms with Crippen LogP contribution in [0.3, 0.4) is 0 Å². The fourth-order valence-corrected chi connectivity index (χ4v) is 1.28. The fraction of sp³-hybridized carbons (Fsp3) is 0.0833. The van der Waals surface area contributed by atoms with Gasteiger partial charge in [-0.25, -0.2) is 14.8 Å². The van der Waals surface area contributed by atoms with E-state index in [0.29, 0.717) is 5.82 Å². The smallest absolute Gasteiger partial charge is 0.308 e. The Morgan fingerprint density at radius 2 is 1.88 bits per heavy atom. The van der Waals surface area contributed by atoms with Crippen LogP contribution in [0.1, 0.15) is 5.56 Å². The van der Waals surface area contributed by atoms with Gasteiger partial charge in [0.1, 0.15) is 12.1 Å². The zero-order valence-corrected chi connectivity index (χ0v) is 9.34. The van der Waals surface area contributed by atoms with E-state index in [1.165, 1.54) is 6.33 Å². The second-order valence-electron chi connectivity index (χ2n) is 3.54. The zero-order valence-electron chi connectivity index (χ0n) is 9.34. The molecule has 0 bridgehead atoms. The van der Waals surface area contributed by atoms with E-state index in [2.05, 4.69) is 20.6 Å². The van der Waals surface area contributed by atoms with Gasteiger partial charge in [0, 0.05) is 11.9 Å². The highest BCUT2D eigenvalue weighted by Gasteiger charge is 2.02. The molecule has 2 aromatic rings. The van der Waals surface area contributed by atoms with Gasteiger partial charge in [0.2, 0.25) is 0 Å². The van der Waals surface area contributed by atoms with Crippen molar-refractivity contribution in [3.8, 4) is 0 Å². The van der Waals surface area contributed by atoms with Crippen molar-refractivity contribution in [1.29, 1.82) is 0 Å². The molecular formula is C12H12N4O. The molecule has 1 heterocycles. The maximum absolute atomic E-state index is 11.6. The number of aromatic nitrogens is 2. The van der Waals surface area contributed by atoms with Crippen LogP contribution in [0.4, 0.5) is 16.3 Å². The molecule has 5 nitrogen and oxygen atoms in total. The Bertz CT molecular complexity index is 496. The summed E-state index contributed by atoms with van der Waals surface area (Å²) in [4.78, 5) is 19.2. The number of carbonyl (C=O) groups is 1. The van der Waals surface area contributed by atoms with E-state index in [4.69, 9.17) is 0 Å². The summed E-state index contributed by atoms with van der Waals surface area (Å²) >= 11 is 0. The third-order valence-corrected chi connectivity index (χ3v) is 2.13. The van der Waals surface area contributed by atoms with Crippen molar-refractivity contribution >= 4 is 17.5 Å². The lowest BCUT2D eigenvalue weighted by molar-refractivity contribution is 0.262. The van der Waals surface area contributed by atoms with Gasteiger partial charge in [-0.3, -0.25) is 5.32 Å². The van der Waals surface area contributed by atoms with Crippen molar-refractivity contribution < 1.29 is 4.79 Å². The van der Waals surface area contributed by atoms with Crippen molar-refractivity contribution in [2.45, 2.75) is 6.92 Å². The molecule has 0 fully saturated rings. The van der Waals surface area contributed by atoms with Crippen molar-refractivity contribution in [1.82, 2.24) is 9.97 Å². The monoisotopic (exact) mass is 228 g/mol. The van der Waals surface area contributed by atoms with E-state index in [0.717, 1.165) is 11.3 Å². The van der Waals surface area contributed by atoms with E-state index in [-0.39, 0.29) is 6.03 Å². The predicted molar refractivity (Wildman–Crippen MR) is 65.9 cm³/mol. The molecule has 0 aliphatic heterocycles. The molecule has 5 heteroatoms. The number of amides is 2. The number of carbonyl (C=O) groups excluding carboxylic acids is 1. The Morgan fingerprint density at radius 1 is 1.12 bits per heavy atom. The van der Waals surface area contributed by atoms with Crippen LogP contribution in [-0.2, 0) is 0 Å². The first-order valence-corrected chi connectivity index (χ1v) is 5.15. The largest absolute Gasteiger partial charge is 0.324 e. The van der Waals surface area contributed by atoms with Crippen LogP contribution in [0, 0.1) is 6.92 Å². The van der Waals surface area contributed by atoms with Crippen molar-refractivity contribution in [2.24, 2.45) is 0 Å². The topological polar surface area (TPSA) is 66.9 Å². The summed E-state index contributed by atoms with van der Waals surface area (Å²) in [6.07, 6.45) is 2.94. The van der Waals surface area contributed by atoms with Gasteiger partial charge in [-0.15, -0.1) is 0 Å². The van der Waals surface area contributed by atoms with E-state index < -0.39 is 0 Å². The molecule has 0 aliphatic rings. The molecule has 2 N–H and O–H groups in total. The summed E-state index contributed by atoms with van der Waals surface area (Å²) in [5, 5.41) is 5.31. The van der Waals surface area contributed by atoms with Crippen LogP contribution in [-0.4, -0.2) is 16.0 Å². The van der Waals surface area contributed by atoms with Crippen LogP contribution in [0.15, 0.2) is 42.9 Å². The summed E-state index contributed by atoms with van der Waals surface area (Å²) in [5.41, 5.74) is 1.88. The highest BCUT2D eigenvalue weighted by Crippen LogP contribution is 2.09. The fourth-order valence-electron chi connectivity index (χ4n) is 1.28. The van der Waals surface area contributed by atoms with E-state index in [9.17, 15) is 4.79 Å². The third-order valence-electron chi connectivity index (χ3n) is 2.13. The first-order chi connectivity index (χ1) is 8.24. The number of benzene rings is 1. The van der Waals surface area contributed by atoms with Crippen molar-refractivity contribution in [2.75, 3.05) is 10.6 Å². The number of rotatable bonds is 2. The van der Waals surface area contributed by atoms with Gasteiger partial charge in [-0.05, 0) is 25.1 Å². The minimum absolute atomic E-state index is 0.326. The molecule has 1 aromatic carbocycles. The number of nitrogens with zero attached hydrogens (tertiary/aromatic N) is 2. The van der Waals surface area contributed by atoms with Crippen molar-refractivity contribution in [3.05, 3.63) is 48.4 Å². The van der Waals surface area contributed by atoms with E-state index in [1.54, 1.807) is 12.3 Å². The highest BCUT2D eigenvalue weighted by molar-refractivity contribution is 5.99.